The van der Waals surface area contributed by atoms with Crippen LogP contribution in [0.3, 0.4) is 0 Å². The second kappa shape index (κ2) is 10.4. The number of pyridine rings is 1. The summed E-state index contributed by atoms with van der Waals surface area (Å²) in [4.78, 5) is 4.02. The van der Waals surface area contributed by atoms with E-state index in [0.29, 0.717) is 0 Å². The number of sulfonamides is 1. The number of aryl methyl sites for hydroxylation is 1. The van der Waals surface area contributed by atoms with E-state index in [2.05, 4.69) is 14.8 Å². The first-order chi connectivity index (χ1) is 18.5. The quantitative estimate of drug-likeness (QED) is 0.297. The molecule has 12 nitrogen and oxygen atoms in total. The van der Waals surface area contributed by atoms with E-state index in [9.17, 15) is 21.9 Å². The van der Waals surface area contributed by atoms with Gasteiger partial charge in [0, 0.05) is 31.1 Å². The van der Waals surface area contributed by atoms with E-state index in [1.54, 1.807) is 27.8 Å². The van der Waals surface area contributed by atoms with Gasteiger partial charge in [0.15, 0.2) is 21.4 Å². The number of methoxy groups -OCH3 is 1. The van der Waals surface area contributed by atoms with Crippen LogP contribution in [-0.2, 0) is 26.9 Å². The molecule has 40 heavy (non-hydrogen) atoms. The Balaban J connectivity index is 1.89. The van der Waals surface area contributed by atoms with E-state index < -0.39 is 36.5 Å². The Bertz CT molecular complexity index is 1790. The highest BCUT2D eigenvalue weighted by Crippen LogP contribution is 2.38. The second-order valence-corrected chi connectivity index (χ2v) is 14.5. The molecule has 0 amide bonds. The van der Waals surface area contributed by atoms with Gasteiger partial charge in [-0.25, -0.2) is 26.2 Å². The van der Waals surface area contributed by atoms with Crippen molar-refractivity contribution in [1.29, 1.82) is 0 Å². The molecule has 216 valence electrons. The summed E-state index contributed by atoms with van der Waals surface area (Å²) in [6, 6.07) is 3.89. The number of hydrogen-bond donors (Lipinski definition) is 2. The van der Waals surface area contributed by atoms with Crippen molar-refractivity contribution < 1.29 is 35.8 Å². The van der Waals surface area contributed by atoms with Crippen molar-refractivity contribution >= 4 is 31.2 Å². The zero-order valence-corrected chi connectivity index (χ0v) is 24.3. The van der Waals surface area contributed by atoms with Crippen LogP contribution in [0.1, 0.15) is 27.7 Å². The van der Waals surface area contributed by atoms with Gasteiger partial charge in [-0.05, 0) is 39.8 Å². The first-order valence-electron chi connectivity index (χ1n) is 12.0. The number of benzene rings is 1. The van der Waals surface area contributed by atoms with E-state index >= 15 is 4.39 Å². The van der Waals surface area contributed by atoms with Crippen molar-refractivity contribution in [3.63, 3.8) is 0 Å². The fourth-order valence-corrected chi connectivity index (χ4v) is 6.14. The molecule has 0 saturated heterocycles. The fourth-order valence-electron chi connectivity index (χ4n) is 3.82. The number of imidazole rings is 1. The minimum atomic E-state index is -4.15. The maximum Gasteiger partial charge on any atom is 0.265 e. The summed E-state index contributed by atoms with van der Waals surface area (Å²) in [5.74, 6) is -1.19. The molecule has 2 N–H and O–H groups in total. The predicted molar refractivity (Wildman–Crippen MR) is 145 cm³/mol. The SMILES string of the molecule is COc1c(F)cc(-c2cnc3cc(OC[C@@H](C)O)c(S(=O)(=O)C(C)(C)C)cn23)cc1NS(=O)(=O)c1cnn(C)c1. The van der Waals surface area contributed by atoms with Crippen molar-refractivity contribution in [3.05, 3.63) is 48.8 Å². The minimum absolute atomic E-state index is 0.00584. The predicted octanol–water partition coefficient (Wildman–Crippen LogP) is 3.02. The Morgan fingerprint density at radius 1 is 1.12 bits per heavy atom. The molecule has 4 rings (SSSR count). The number of nitrogens with zero attached hydrogens (tertiary/aromatic N) is 4. The van der Waals surface area contributed by atoms with E-state index in [-0.39, 0.29) is 50.5 Å². The van der Waals surface area contributed by atoms with E-state index in [0.717, 1.165) is 12.3 Å². The highest BCUT2D eigenvalue weighted by atomic mass is 32.2. The maximum absolute atomic E-state index is 15.2. The van der Waals surface area contributed by atoms with Crippen LogP contribution in [0.15, 0.2) is 52.8 Å². The number of nitrogens with one attached hydrogen (secondary N) is 1. The normalized spacial score (nSPS) is 13.4. The summed E-state index contributed by atoms with van der Waals surface area (Å²) in [7, 11) is -5.35. The molecule has 0 fully saturated rings. The van der Waals surface area contributed by atoms with Crippen molar-refractivity contribution in [2.45, 2.75) is 48.3 Å². The van der Waals surface area contributed by atoms with Crippen LogP contribution < -0.4 is 14.2 Å². The third-order valence-corrected chi connectivity index (χ3v) is 9.75. The van der Waals surface area contributed by atoms with Gasteiger partial charge in [0.25, 0.3) is 10.0 Å². The van der Waals surface area contributed by atoms with Crippen LogP contribution in [0.5, 0.6) is 11.5 Å². The third kappa shape index (κ3) is 5.48. The van der Waals surface area contributed by atoms with E-state index in [1.165, 1.54) is 53.8 Å². The van der Waals surface area contributed by atoms with Gasteiger partial charge in [0.05, 0.1) is 41.7 Å². The number of anilines is 1. The minimum Gasteiger partial charge on any atom is -0.492 e. The number of sulfone groups is 1. The molecule has 15 heteroatoms. The number of fused-ring (bicyclic) bond motifs is 1. The first kappa shape index (κ1) is 29.3. The van der Waals surface area contributed by atoms with Crippen LogP contribution in [0.2, 0.25) is 0 Å². The largest absolute Gasteiger partial charge is 0.492 e. The van der Waals surface area contributed by atoms with Crippen LogP contribution in [0.25, 0.3) is 16.9 Å². The molecule has 0 aliphatic rings. The van der Waals surface area contributed by atoms with Gasteiger partial charge in [-0.2, -0.15) is 5.10 Å². The molecule has 0 aliphatic carbocycles. The summed E-state index contributed by atoms with van der Waals surface area (Å²) < 4.78 is 82.7. The molecule has 3 aromatic heterocycles. The summed E-state index contributed by atoms with van der Waals surface area (Å²) in [5.41, 5.74) is 0.546. The lowest BCUT2D eigenvalue weighted by Gasteiger charge is -2.22. The molecule has 1 aromatic carbocycles. The third-order valence-electron chi connectivity index (χ3n) is 5.93. The van der Waals surface area contributed by atoms with Gasteiger partial charge in [0.1, 0.15) is 27.8 Å². The lowest BCUT2D eigenvalue weighted by Crippen LogP contribution is -2.29. The highest BCUT2D eigenvalue weighted by Gasteiger charge is 2.35. The molecule has 3 heterocycles. The Labute approximate surface area is 231 Å². The van der Waals surface area contributed by atoms with Crippen molar-refractivity contribution in [3.8, 4) is 22.8 Å². The van der Waals surface area contributed by atoms with Gasteiger partial charge in [-0.3, -0.25) is 13.8 Å². The number of hydrogen-bond acceptors (Lipinski definition) is 9. The zero-order chi connectivity index (χ0) is 29.6. The monoisotopic (exact) mass is 595 g/mol. The number of halogens is 1. The Morgan fingerprint density at radius 2 is 1.82 bits per heavy atom. The molecular weight excluding hydrogens is 565 g/mol. The summed E-state index contributed by atoms with van der Waals surface area (Å²) >= 11 is 0. The van der Waals surface area contributed by atoms with Gasteiger partial charge in [0.2, 0.25) is 0 Å². The summed E-state index contributed by atoms with van der Waals surface area (Å²) in [6.45, 7) is 5.97. The van der Waals surface area contributed by atoms with Gasteiger partial charge in [-0.1, -0.05) is 0 Å². The Morgan fingerprint density at radius 3 is 2.40 bits per heavy atom. The average molecular weight is 596 g/mol. The Kier molecular flexibility index (Phi) is 7.60. The smallest absolute Gasteiger partial charge is 0.265 e. The second-order valence-electron chi connectivity index (χ2n) is 10.1. The topological polar surface area (TPSA) is 154 Å². The molecule has 4 aromatic rings. The average Bonchev–Trinajstić information content (AvgIpc) is 3.47. The van der Waals surface area contributed by atoms with Crippen LogP contribution in [0.4, 0.5) is 10.1 Å². The number of aliphatic hydroxyl groups is 1. The molecule has 0 bridgehead atoms. The van der Waals surface area contributed by atoms with E-state index in [4.69, 9.17) is 9.47 Å². The fraction of sp³-hybridized carbons (Fsp3) is 0.360. The van der Waals surface area contributed by atoms with Crippen LogP contribution >= 0.6 is 0 Å². The van der Waals surface area contributed by atoms with Gasteiger partial charge >= 0.3 is 0 Å². The number of aromatic nitrogens is 4. The van der Waals surface area contributed by atoms with Gasteiger partial charge < -0.3 is 14.6 Å². The number of ether oxygens (including phenoxy) is 2. The van der Waals surface area contributed by atoms with Crippen LogP contribution in [0, 0.1) is 5.82 Å². The standard InChI is InChI=1S/C25H30FN5O7S2/c1-15(32)14-38-21-9-23-27-11-20(31(23)13-22(21)39(33,34)25(2,3)4)16-7-18(26)24(37-6)19(8-16)29-40(35,36)17-10-28-30(5)12-17/h7-13,15,29,32H,14H2,1-6H3/t15-/m1/s1. The molecule has 0 spiro atoms. The van der Waals surface area contributed by atoms with Gasteiger partial charge in [-0.15, -0.1) is 0 Å². The van der Waals surface area contributed by atoms with Crippen molar-refractivity contribution in [2.24, 2.45) is 7.05 Å². The van der Waals surface area contributed by atoms with Crippen molar-refractivity contribution in [2.75, 3.05) is 18.4 Å². The molecule has 0 radical (unpaired) electrons. The molecule has 1 atom stereocenters. The summed E-state index contributed by atoms with van der Waals surface area (Å²) in [5, 5.41) is 13.5. The number of rotatable bonds is 9. The van der Waals surface area contributed by atoms with Crippen LogP contribution in [-0.4, -0.2) is 65.7 Å². The lowest BCUT2D eigenvalue weighted by atomic mass is 10.1. The highest BCUT2D eigenvalue weighted by molar-refractivity contribution is 7.93. The lowest BCUT2D eigenvalue weighted by molar-refractivity contribution is 0.121. The molecule has 0 saturated carbocycles. The van der Waals surface area contributed by atoms with Crippen molar-refractivity contribution in [1.82, 2.24) is 19.2 Å². The molecule has 0 aliphatic heterocycles. The maximum atomic E-state index is 15.2. The molecular formula is C25H30FN5O7S2. The first-order valence-corrected chi connectivity index (χ1v) is 15.0. The Hall–Kier alpha value is -3.69. The van der Waals surface area contributed by atoms with E-state index in [1.807, 2.05) is 0 Å². The summed E-state index contributed by atoms with van der Waals surface area (Å²) in [6.07, 6.45) is 4.29. The number of aliphatic hydroxyl groups excluding tert-OH is 1. The zero-order valence-electron chi connectivity index (χ0n) is 22.7. The molecule has 0 unspecified atom stereocenters.